The molecule has 1 aliphatic carbocycles. The molecule has 136 valence electrons. The molecule has 0 saturated carbocycles. The molecule has 1 fully saturated rings. The molecule has 0 radical (unpaired) electrons. The van der Waals surface area contributed by atoms with Gasteiger partial charge in [-0.3, -0.25) is 9.59 Å². The Balaban J connectivity index is 1.54. The zero-order valence-electron chi connectivity index (χ0n) is 15.1. The van der Waals surface area contributed by atoms with Gasteiger partial charge in [-0.05, 0) is 62.1 Å². The topological polar surface area (TPSA) is 76.6 Å². The second-order valence-corrected chi connectivity index (χ2v) is 7.65. The molecule has 1 saturated heterocycles. The third kappa shape index (κ3) is 4.60. The van der Waals surface area contributed by atoms with Crippen molar-refractivity contribution in [2.24, 2.45) is 11.7 Å². The van der Waals surface area contributed by atoms with E-state index in [1.165, 1.54) is 36.0 Å². The number of aryl methyl sites for hydroxylation is 2. The van der Waals surface area contributed by atoms with Gasteiger partial charge in [0.25, 0.3) is 5.91 Å². The zero-order valence-corrected chi connectivity index (χ0v) is 15.1. The van der Waals surface area contributed by atoms with Crippen molar-refractivity contribution in [3.8, 4) is 0 Å². The molecule has 25 heavy (non-hydrogen) atoms. The number of rotatable bonds is 5. The number of amides is 2. The van der Waals surface area contributed by atoms with Gasteiger partial charge >= 0.3 is 0 Å². The van der Waals surface area contributed by atoms with Crippen molar-refractivity contribution in [2.75, 3.05) is 19.6 Å². The summed E-state index contributed by atoms with van der Waals surface area (Å²) in [4.78, 5) is 24.9. The Bertz CT molecular complexity index is 644. The van der Waals surface area contributed by atoms with Crippen LogP contribution in [-0.2, 0) is 22.4 Å². The van der Waals surface area contributed by atoms with Gasteiger partial charge in [-0.25, -0.2) is 0 Å². The fourth-order valence-corrected chi connectivity index (χ4v) is 4.18. The average Bonchev–Trinajstić information content (AvgIpc) is 2.61. The lowest BCUT2D eigenvalue weighted by atomic mass is 9.89. The molecular weight excluding hydrogens is 314 g/mol. The van der Waals surface area contributed by atoms with Gasteiger partial charge in [-0.1, -0.05) is 18.2 Å². The van der Waals surface area contributed by atoms with Crippen LogP contribution >= 0.6 is 0 Å². The molecule has 1 aliphatic heterocycles. The Morgan fingerprint density at radius 2 is 2.00 bits per heavy atom. The van der Waals surface area contributed by atoms with Gasteiger partial charge in [-0.2, -0.15) is 0 Å². The highest BCUT2D eigenvalue weighted by Gasteiger charge is 2.28. The molecule has 2 amide bonds. The lowest BCUT2D eigenvalue weighted by Crippen LogP contribution is -3.15. The standard InChI is InChI=1S/C20H29N3O2/c1-14(16-9-8-15-5-2-3-6-17(15)11-16)22-19(24)13-23-10-4-7-18(12-23)20(21)25/h8-9,11,14,18H,2-7,10,12-13H2,1H3,(H2,21,25)(H,22,24)/p+1/t14-,18-/m0/s1. The van der Waals surface area contributed by atoms with Gasteiger partial charge in [0, 0.05) is 0 Å². The first-order valence-electron chi connectivity index (χ1n) is 9.57. The van der Waals surface area contributed by atoms with Crippen LogP contribution in [0.25, 0.3) is 0 Å². The van der Waals surface area contributed by atoms with Crippen LogP contribution in [0.3, 0.4) is 0 Å². The molecule has 0 aromatic heterocycles. The molecule has 1 heterocycles. The summed E-state index contributed by atoms with van der Waals surface area (Å²) in [7, 11) is 0. The molecule has 3 atom stereocenters. The van der Waals surface area contributed by atoms with Crippen LogP contribution in [0.5, 0.6) is 0 Å². The van der Waals surface area contributed by atoms with Crippen LogP contribution in [0.15, 0.2) is 18.2 Å². The van der Waals surface area contributed by atoms with Crippen molar-refractivity contribution in [3.05, 3.63) is 34.9 Å². The third-order valence-corrected chi connectivity index (χ3v) is 5.68. The van der Waals surface area contributed by atoms with Gasteiger partial charge in [0.15, 0.2) is 6.54 Å². The highest BCUT2D eigenvalue weighted by atomic mass is 16.2. The van der Waals surface area contributed by atoms with Gasteiger partial charge in [0.2, 0.25) is 5.91 Å². The number of likely N-dealkylation sites (tertiary alicyclic amines) is 1. The first-order valence-corrected chi connectivity index (χ1v) is 9.57. The van der Waals surface area contributed by atoms with E-state index in [9.17, 15) is 9.59 Å². The van der Waals surface area contributed by atoms with E-state index in [2.05, 4.69) is 23.5 Å². The number of carbonyl (C=O) groups is 2. The number of carbonyl (C=O) groups excluding carboxylic acids is 2. The van der Waals surface area contributed by atoms with Crippen LogP contribution < -0.4 is 16.0 Å². The highest BCUT2D eigenvalue weighted by molar-refractivity contribution is 5.78. The van der Waals surface area contributed by atoms with E-state index in [0.717, 1.165) is 30.7 Å². The Hall–Kier alpha value is -1.88. The predicted octanol–water partition coefficient (Wildman–Crippen LogP) is 0.523. The Morgan fingerprint density at radius 1 is 1.24 bits per heavy atom. The summed E-state index contributed by atoms with van der Waals surface area (Å²) in [6, 6.07) is 6.64. The number of piperidine rings is 1. The van der Waals surface area contributed by atoms with Crippen LogP contribution in [0.1, 0.15) is 55.3 Å². The predicted molar refractivity (Wildman–Crippen MR) is 97.1 cm³/mol. The normalized spacial score (nSPS) is 24.2. The summed E-state index contributed by atoms with van der Waals surface area (Å²) in [5, 5.41) is 3.12. The SMILES string of the molecule is C[C@H](NC(=O)C[NH+]1CCC[C@H](C(N)=O)C1)c1ccc2c(c1)CCCC2. The van der Waals surface area contributed by atoms with Crippen molar-refractivity contribution in [2.45, 2.75) is 51.5 Å². The summed E-state index contributed by atoms with van der Waals surface area (Å²) in [5.74, 6) is -0.278. The average molecular weight is 344 g/mol. The minimum absolute atomic E-state index is 0.0101. The molecule has 3 rings (SSSR count). The molecule has 1 unspecified atom stereocenters. The second-order valence-electron chi connectivity index (χ2n) is 7.65. The fraction of sp³-hybridized carbons (Fsp3) is 0.600. The molecule has 5 heteroatoms. The lowest BCUT2D eigenvalue weighted by Gasteiger charge is -2.28. The van der Waals surface area contributed by atoms with Gasteiger partial charge in [0.1, 0.15) is 0 Å². The monoisotopic (exact) mass is 344 g/mol. The van der Waals surface area contributed by atoms with E-state index < -0.39 is 0 Å². The van der Waals surface area contributed by atoms with E-state index >= 15 is 0 Å². The third-order valence-electron chi connectivity index (χ3n) is 5.68. The van der Waals surface area contributed by atoms with Gasteiger partial charge in [0.05, 0.1) is 25.0 Å². The van der Waals surface area contributed by atoms with E-state index in [1.54, 1.807) is 0 Å². The molecule has 5 nitrogen and oxygen atoms in total. The molecule has 2 aliphatic rings. The number of nitrogens with two attached hydrogens (primary N) is 1. The zero-order chi connectivity index (χ0) is 17.8. The van der Waals surface area contributed by atoms with Crippen molar-refractivity contribution in [1.29, 1.82) is 0 Å². The number of hydrogen-bond acceptors (Lipinski definition) is 2. The Labute approximate surface area is 150 Å². The molecular formula is C20H30N3O2+. The number of quaternary nitrogens is 1. The number of primary amides is 1. The minimum atomic E-state index is -0.236. The maximum absolute atomic E-state index is 12.4. The maximum atomic E-state index is 12.4. The van der Waals surface area contributed by atoms with Crippen molar-refractivity contribution in [1.82, 2.24) is 5.32 Å². The van der Waals surface area contributed by atoms with Gasteiger partial charge in [-0.15, -0.1) is 0 Å². The smallest absolute Gasteiger partial charge is 0.275 e. The number of fused-ring (bicyclic) bond motifs is 1. The second kappa shape index (κ2) is 8.00. The maximum Gasteiger partial charge on any atom is 0.275 e. The summed E-state index contributed by atoms with van der Waals surface area (Å²) < 4.78 is 0. The first kappa shape index (κ1) is 17.9. The summed E-state index contributed by atoms with van der Waals surface area (Å²) in [5.41, 5.74) is 9.50. The Morgan fingerprint density at radius 3 is 2.76 bits per heavy atom. The molecule has 1 aromatic rings. The summed E-state index contributed by atoms with van der Waals surface area (Å²) in [6.45, 7) is 4.07. The number of hydrogen-bond donors (Lipinski definition) is 3. The molecule has 1 aromatic carbocycles. The largest absolute Gasteiger partial charge is 0.369 e. The van der Waals surface area contributed by atoms with Crippen LogP contribution in [0, 0.1) is 5.92 Å². The minimum Gasteiger partial charge on any atom is -0.369 e. The quantitative estimate of drug-likeness (QED) is 0.728. The summed E-state index contributed by atoms with van der Waals surface area (Å²) in [6.07, 6.45) is 6.68. The van der Waals surface area contributed by atoms with Crippen LogP contribution in [-0.4, -0.2) is 31.4 Å². The molecule has 0 spiro atoms. The molecule has 4 N–H and O–H groups in total. The highest BCUT2D eigenvalue weighted by Crippen LogP contribution is 2.24. The van der Waals surface area contributed by atoms with Crippen LogP contribution in [0.4, 0.5) is 0 Å². The van der Waals surface area contributed by atoms with Crippen LogP contribution in [0.2, 0.25) is 0 Å². The van der Waals surface area contributed by atoms with E-state index in [1.807, 2.05) is 6.92 Å². The first-order chi connectivity index (χ1) is 12.0. The van der Waals surface area contributed by atoms with E-state index in [0.29, 0.717) is 13.1 Å². The van der Waals surface area contributed by atoms with E-state index in [-0.39, 0.29) is 23.8 Å². The number of benzene rings is 1. The lowest BCUT2D eigenvalue weighted by molar-refractivity contribution is -0.899. The van der Waals surface area contributed by atoms with Crippen molar-refractivity contribution in [3.63, 3.8) is 0 Å². The van der Waals surface area contributed by atoms with E-state index in [4.69, 9.17) is 5.73 Å². The van der Waals surface area contributed by atoms with Crippen molar-refractivity contribution >= 4 is 11.8 Å². The van der Waals surface area contributed by atoms with Gasteiger partial charge < -0.3 is 16.0 Å². The molecule has 0 bridgehead atoms. The fourth-order valence-electron chi connectivity index (χ4n) is 4.18. The van der Waals surface area contributed by atoms with Crippen molar-refractivity contribution < 1.29 is 14.5 Å². The summed E-state index contributed by atoms with van der Waals surface area (Å²) >= 11 is 0. The Kier molecular flexibility index (Phi) is 5.74. The number of nitrogens with one attached hydrogen (secondary N) is 2.